The molecule has 102 valence electrons. The van der Waals surface area contributed by atoms with Gasteiger partial charge >= 0.3 is 0 Å². The van der Waals surface area contributed by atoms with Gasteiger partial charge in [-0.25, -0.2) is 4.39 Å². The Hall–Kier alpha value is -1.40. The molecule has 1 heterocycles. The molecule has 1 aromatic heterocycles. The molecule has 0 aliphatic rings. The number of rotatable bonds is 5. The van der Waals surface area contributed by atoms with Gasteiger partial charge in [-0.3, -0.25) is 0 Å². The summed E-state index contributed by atoms with van der Waals surface area (Å²) >= 11 is 3.08. The molecule has 0 aliphatic carbocycles. The van der Waals surface area contributed by atoms with Crippen molar-refractivity contribution in [3.8, 4) is 5.75 Å². The van der Waals surface area contributed by atoms with E-state index in [1.54, 1.807) is 19.2 Å². The second kappa shape index (κ2) is 6.16. The van der Waals surface area contributed by atoms with Crippen LogP contribution in [0, 0.1) is 11.6 Å². The average Bonchev–Trinajstić information content (AvgIpc) is 2.80. The van der Waals surface area contributed by atoms with Crippen LogP contribution in [0.5, 0.6) is 5.75 Å². The van der Waals surface area contributed by atoms with Gasteiger partial charge in [0.15, 0.2) is 11.6 Å². The zero-order valence-corrected chi connectivity index (χ0v) is 11.8. The highest BCUT2D eigenvalue weighted by Gasteiger charge is 2.12. The Bertz CT molecular complexity index is 572. The summed E-state index contributed by atoms with van der Waals surface area (Å²) in [5.41, 5.74) is 0. The van der Waals surface area contributed by atoms with E-state index in [4.69, 9.17) is 9.15 Å². The van der Waals surface area contributed by atoms with Gasteiger partial charge in [0, 0.05) is 4.47 Å². The van der Waals surface area contributed by atoms with Gasteiger partial charge in [0.25, 0.3) is 0 Å². The molecule has 19 heavy (non-hydrogen) atoms. The molecule has 6 heteroatoms. The Balaban J connectivity index is 2.05. The number of furan rings is 1. The molecule has 0 spiro atoms. The molecule has 0 bridgehead atoms. The van der Waals surface area contributed by atoms with Gasteiger partial charge in [0.2, 0.25) is 5.82 Å². The predicted molar refractivity (Wildman–Crippen MR) is 69.9 cm³/mol. The van der Waals surface area contributed by atoms with Gasteiger partial charge in [0.1, 0.15) is 18.1 Å². The molecule has 2 aromatic rings. The van der Waals surface area contributed by atoms with Crippen LogP contribution in [-0.4, -0.2) is 7.05 Å². The number of halogens is 3. The lowest BCUT2D eigenvalue weighted by atomic mass is 10.3. The Labute approximate surface area is 117 Å². The molecule has 0 saturated carbocycles. The first-order valence-corrected chi connectivity index (χ1v) is 6.39. The first-order valence-electron chi connectivity index (χ1n) is 5.59. The number of ether oxygens (including phenoxy) is 1. The van der Waals surface area contributed by atoms with Crippen LogP contribution in [0.3, 0.4) is 0 Å². The van der Waals surface area contributed by atoms with E-state index >= 15 is 0 Å². The molecule has 0 radical (unpaired) electrons. The van der Waals surface area contributed by atoms with Crippen LogP contribution < -0.4 is 10.1 Å². The average molecular weight is 332 g/mol. The highest BCUT2D eigenvalue weighted by molar-refractivity contribution is 9.10. The monoisotopic (exact) mass is 331 g/mol. The fourth-order valence-corrected chi connectivity index (χ4v) is 1.96. The molecule has 0 saturated heterocycles. The third-order valence-corrected chi connectivity index (χ3v) is 2.86. The third-order valence-electron chi connectivity index (χ3n) is 2.40. The summed E-state index contributed by atoms with van der Waals surface area (Å²) in [6.07, 6.45) is 0. The topological polar surface area (TPSA) is 34.4 Å². The van der Waals surface area contributed by atoms with Crippen LogP contribution in [0.25, 0.3) is 0 Å². The van der Waals surface area contributed by atoms with Crippen LogP contribution >= 0.6 is 15.9 Å². The van der Waals surface area contributed by atoms with E-state index in [2.05, 4.69) is 21.2 Å². The Morgan fingerprint density at radius 1 is 1.26 bits per heavy atom. The van der Waals surface area contributed by atoms with E-state index in [9.17, 15) is 8.78 Å². The van der Waals surface area contributed by atoms with E-state index in [1.165, 1.54) is 6.07 Å². The summed E-state index contributed by atoms with van der Waals surface area (Å²) in [4.78, 5) is 0. The van der Waals surface area contributed by atoms with Crippen LogP contribution in [0.2, 0.25) is 0 Å². The first kappa shape index (κ1) is 14.0. The van der Waals surface area contributed by atoms with Crippen LogP contribution in [-0.2, 0) is 13.2 Å². The van der Waals surface area contributed by atoms with Gasteiger partial charge in [0.05, 0.1) is 6.54 Å². The van der Waals surface area contributed by atoms with Gasteiger partial charge in [-0.05, 0) is 31.3 Å². The smallest absolute Gasteiger partial charge is 0.200 e. The van der Waals surface area contributed by atoms with Gasteiger partial charge < -0.3 is 14.5 Å². The second-order valence-electron chi connectivity index (χ2n) is 3.89. The molecule has 1 aromatic carbocycles. The lowest BCUT2D eigenvalue weighted by molar-refractivity contribution is 0.250. The summed E-state index contributed by atoms with van der Waals surface area (Å²) in [6, 6.07) is 5.95. The Morgan fingerprint density at radius 3 is 2.74 bits per heavy atom. The zero-order chi connectivity index (χ0) is 13.8. The largest absolute Gasteiger partial charge is 0.482 e. The van der Waals surface area contributed by atoms with Gasteiger partial charge in [-0.15, -0.1) is 0 Å². The zero-order valence-electron chi connectivity index (χ0n) is 10.2. The molecule has 0 atom stereocenters. The van der Waals surface area contributed by atoms with Crippen LogP contribution in [0.4, 0.5) is 8.78 Å². The first-order chi connectivity index (χ1) is 9.10. The molecule has 0 aliphatic heterocycles. The quantitative estimate of drug-likeness (QED) is 0.850. The fraction of sp³-hybridized carbons (Fsp3) is 0.231. The highest BCUT2D eigenvalue weighted by atomic mass is 79.9. The van der Waals surface area contributed by atoms with Crippen LogP contribution in [0.1, 0.15) is 11.5 Å². The fourth-order valence-electron chi connectivity index (χ4n) is 1.56. The van der Waals surface area contributed by atoms with E-state index < -0.39 is 11.6 Å². The molecular formula is C13H12BrF2NO2. The van der Waals surface area contributed by atoms with Crippen LogP contribution in [0.15, 0.2) is 33.2 Å². The van der Waals surface area contributed by atoms with E-state index in [1.807, 2.05) is 0 Å². The summed E-state index contributed by atoms with van der Waals surface area (Å²) in [6.45, 7) is 0.635. The molecule has 1 N–H and O–H groups in total. The van der Waals surface area contributed by atoms with E-state index in [-0.39, 0.29) is 12.4 Å². The number of hydrogen-bond donors (Lipinski definition) is 1. The minimum absolute atomic E-state index is 0.0382. The Kier molecular flexibility index (Phi) is 4.55. The van der Waals surface area contributed by atoms with Gasteiger partial charge in [-0.1, -0.05) is 15.9 Å². The van der Waals surface area contributed by atoms with Crippen molar-refractivity contribution in [2.75, 3.05) is 7.05 Å². The van der Waals surface area contributed by atoms with Gasteiger partial charge in [-0.2, -0.15) is 4.39 Å². The summed E-state index contributed by atoms with van der Waals surface area (Å²) < 4.78 is 37.7. The number of hydrogen-bond acceptors (Lipinski definition) is 3. The lowest BCUT2D eigenvalue weighted by Gasteiger charge is -2.06. The highest BCUT2D eigenvalue weighted by Crippen LogP contribution is 2.26. The van der Waals surface area contributed by atoms with Crippen molar-refractivity contribution in [3.63, 3.8) is 0 Å². The van der Waals surface area contributed by atoms with Crippen molar-refractivity contribution in [1.29, 1.82) is 0 Å². The maximum Gasteiger partial charge on any atom is 0.200 e. The standard InChI is InChI=1S/C13H12BrF2NO2/c1-17-6-9-2-3-10(19-9)7-18-12-5-8(14)4-11(15)13(12)16/h2-5,17H,6-7H2,1H3. The minimum Gasteiger partial charge on any atom is -0.482 e. The number of benzene rings is 1. The van der Waals surface area contributed by atoms with Crippen molar-refractivity contribution in [3.05, 3.63) is 51.9 Å². The normalized spacial score (nSPS) is 10.7. The second-order valence-corrected chi connectivity index (χ2v) is 4.80. The lowest BCUT2D eigenvalue weighted by Crippen LogP contribution is -2.03. The minimum atomic E-state index is -1.01. The molecular weight excluding hydrogens is 320 g/mol. The molecule has 2 rings (SSSR count). The van der Waals surface area contributed by atoms with Crippen molar-refractivity contribution in [2.45, 2.75) is 13.2 Å². The maximum atomic E-state index is 13.4. The SMILES string of the molecule is CNCc1ccc(COc2cc(Br)cc(F)c2F)o1. The van der Waals surface area contributed by atoms with Crippen molar-refractivity contribution < 1.29 is 17.9 Å². The Morgan fingerprint density at radius 2 is 2.00 bits per heavy atom. The summed E-state index contributed by atoms with van der Waals surface area (Å²) in [5, 5.41) is 2.94. The molecule has 0 fully saturated rings. The van der Waals surface area contributed by atoms with Crippen molar-refractivity contribution in [2.24, 2.45) is 0 Å². The molecule has 0 unspecified atom stereocenters. The summed E-state index contributed by atoms with van der Waals surface area (Å²) in [7, 11) is 1.80. The van der Waals surface area contributed by atoms with E-state index in [0.717, 1.165) is 11.8 Å². The maximum absolute atomic E-state index is 13.4. The van der Waals surface area contributed by atoms with Crippen molar-refractivity contribution >= 4 is 15.9 Å². The summed E-state index contributed by atoms with van der Waals surface area (Å²) in [5.74, 6) is -0.824. The molecule has 0 amide bonds. The van der Waals surface area contributed by atoms with Crippen molar-refractivity contribution in [1.82, 2.24) is 5.32 Å². The predicted octanol–water partition coefficient (Wildman–Crippen LogP) is 3.62. The third kappa shape index (κ3) is 3.54. The van der Waals surface area contributed by atoms with E-state index in [0.29, 0.717) is 16.8 Å². The number of nitrogens with one attached hydrogen (secondary N) is 1. The molecule has 3 nitrogen and oxygen atoms in total.